The van der Waals surface area contributed by atoms with E-state index in [2.05, 4.69) is 10.4 Å². The molecule has 0 bridgehead atoms. The summed E-state index contributed by atoms with van der Waals surface area (Å²) in [7, 11) is -1.37. The van der Waals surface area contributed by atoms with Crippen molar-refractivity contribution in [1.29, 1.82) is 0 Å². The van der Waals surface area contributed by atoms with Gasteiger partial charge in [-0.1, -0.05) is 0 Å². The highest BCUT2D eigenvalue weighted by Gasteiger charge is 2.26. The largest absolute Gasteiger partial charge is 0.349 e. The molecule has 0 saturated carbocycles. The number of hydrogen-bond donors (Lipinski definition) is 1. The Morgan fingerprint density at radius 2 is 2.05 bits per heavy atom. The highest BCUT2D eigenvalue weighted by molar-refractivity contribution is 7.88. The number of nitrogens with one attached hydrogen (secondary N) is 1. The van der Waals surface area contributed by atoms with Gasteiger partial charge in [-0.15, -0.1) is 0 Å². The minimum absolute atomic E-state index is 0.0192. The summed E-state index contributed by atoms with van der Waals surface area (Å²) < 4.78 is 25.7. The molecular formula is C11H18N4O3S. The molecule has 0 spiro atoms. The van der Waals surface area contributed by atoms with Crippen LogP contribution in [0.15, 0.2) is 12.4 Å². The van der Waals surface area contributed by atoms with Gasteiger partial charge in [-0.25, -0.2) is 12.7 Å². The second-order valence-electron chi connectivity index (χ2n) is 4.81. The molecule has 106 valence electrons. The molecular weight excluding hydrogens is 268 g/mol. The predicted octanol–water partition coefficient (Wildman–Crippen LogP) is -0.426. The summed E-state index contributed by atoms with van der Waals surface area (Å²) in [5.41, 5.74) is 0.521. The van der Waals surface area contributed by atoms with E-state index in [0.29, 0.717) is 31.5 Å². The normalized spacial score (nSPS) is 18.4. The van der Waals surface area contributed by atoms with E-state index in [-0.39, 0.29) is 11.9 Å². The zero-order chi connectivity index (χ0) is 14.0. The van der Waals surface area contributed by atoms with E-state index in [9.17, 15) is 13.2 Å². The highest BCUT2D eigenvalue weighted by atomic mass is 32.2. The minimum Gasteiger partial charge on any atom is -0.349 e. The van der Waals surface area contributed by atoms with Crippen LogP contribution in [0, 0.1) is 0 Å². The van der Waals surface area contributed by atoms with Crippen molar-refractivity contribution in [2.75, 3.05) is 19.3 Å². The van der Waals surface area contributed by atoms with Gasteiger partial charge in [0.05, 0.1) is 18.0 Å². The quantitative estimate of drug-likeness (QED) is 0.817. The zero-order valence-corrected chi connectivity index (χ0v) is 11.9. The standard InChI is InChI=1S/C11H18N4O3S/c1-14-8-9(7-12-14)11(16)13-10-3-5-15(6-4-10)19(2,17)18/h7-8,10H,3-6H2,1-2H3,(H,13,16). The monoisotopic (exact) mass is 286 g/mol. The van der Waals surface area contributed by atoms with Gasteiger partial charge in [0.1, 0.15) is 0 Å². The zero-order valence-electron chi connectivity index (χ0n) is 11.0. The van der Waals surface area contributed by atoms with Gasteiger partial charge in [-0.05, 0) is 12.8 Å². The third-order valence-corrected chi connectivity index (χ3v) is 4.53. The Hall–Kier alpha value is -1.41. The highest BCUT2D eigenvalue weighted by Crippen LogP contribution is 2.13. The van der Waals surface area contributed by atoms with E-state index < -0.39 is 10.0 Å². The number of aromatic nitrogens is 2. The van der Waals surface area contributed by atoms with Gasteiger partial charge in [-0.3, -0.25) is 9.48 Å². The lowest BCUT2D eigenvalue weighted by atomic mass is 10.1. The van der Waals surface area contributed by atoms with Crippen molar-refractivity contribution >= 4 is 15.9 Å². The van der Waals surface area contributed by atoms with Crippen LogP contribution in [0.3, 0.4) is 0 Å². The molecule has 1 aliphatic rings. The third-order valence-electron chi connectivity index (χ3n) is 3.23. The average Bonchev–Trinajstić information content (AvgIpc) is 2.75. The molecule has 0 aromatic carbocycles. The molecule has 1 saturated heterocycles. The molecule has 1 aliphatic heterocycles. The minimum atomic E-state index is -3.12. The lowest BCUT2D eigenvalue weighted by molar-refractivity contribution is 0.0924. The second kappa shape index (κ2) is 5.30. The fraction of sp³-hybridized carbons (Fsp3) is 0.636. The maximum absolute atomic E-state index is 11.9. The summed E-state index contributed by atoms with van der Waals surface area (Å²) in [5, 5.41) is 6.85. The van der Waals surface area contributed by atoms with Gasteiger partial charge in [0.25, 0.3) is 5.91 Å². The molecule has 1 fully saturated rings. The average molecular weight is 286 g/mol. The second-order valence-corrected chi connectivity index (χ2v) is 6.79. The van der Waals surface area contributed by atoms with E-state index in [1.807, 2.05) is 0 Å². The van der Waals surface area contributed by atoms with Crippen molar-refractivity contribution in [3.05, 3.63) is 18.0 Å². The Kier molecular flexibility index (Phi) is 3.91. The van der Waals surface area contributed by atoms with Gasteiger partial charge in [0, 0.05) is 32.4 Å². The van der Waals surface area contributed by atoms with Crippen LogP contribution >= 0.6 is 0 Å². The summed E-state index contributed by atoms with van der Waals surface area (Å²) in [6.45, 7) is 0.910. The Morgan fingerprint density at radius 1 is 1.42 bits per heavy atom. The van der Waals surface area contributed by atoms with Gasteiger partial charge in [0.15, 0.2) is 0 Å². The lowest BCUT2D eigenvalue weighted by Gasteiger charge is -2.30. The number of carbonyl (C=O) groups excluding carboxylic acids is 1. The first-order valence-corrected chi connectivity index (χ1v) is 7.96. The number of aryl methyl sites for hydroxylation is 1. The Bertz CT molecular complexity index is 558. The molecule has 0 aliphatic carbocycles. The van der Waals surface area contributed by atoms with Crippen LogP contribution in [0.2, 0.25) is 0 Å². The van der Waals surface area contributed by atoms with E-state index in [4.69, 9.17) is 0 Å². The lowest BCUT2D eigenvalue weighted by Crippen LogP contribution is -2.46. The molecule has 2 heterocycles. The summed E-state index contributed by atoms with van der Waals surface area (Å²) >= 11 is 0. The van der Waals surface area contributed by atoms with E-state index >= 15 is 0 Å². The summed E-state index contributed by atoms with van der Waals surface area (Å²) in [6.07, 6.45) is 5.65. The van der Waals surface area contributed by atoms with Crippen molar-refractivity contribution in [3.63, 3.8) is 0 Å². The molecule has 8 heteroatoms. The molecule has 1 N–H and O–H groups in total. The van der Waals surface area contributed by atoms with Crippen molar-refractivity contribution < 1.29 is 13.2 Å². The fourth-order valence-electron chi connectivity index (χ4n) is 2.14. The Labute approximate surface area is 112 Å². The first kappa shape index (κ1) is 14.0. The molecule has 1 aromatic rings. The van der Waals surface area contributed by atoms with Gasteiger partial charge in [0.2, 0.25) is 10.0 Å². The smallest absolute Gasteiger partial charge is 0.254 e. The third kappa shape index (κ3) is 3.54. The number of sulfonamides is 1. The summed E-state index contributed by atoms with van der Waals surface area (Å²) in [4.78, 5) is 11.9. The maximum atomic E-state index is 11.9. The summed E-state index contributed by atoms with van der Waals surface area (Å²) in [6, 6.07) is 0.0192. The van der Waals surface area contributed by atoms with Gasteiger partial charge in [-0.2, -0.15) is 5.10 Å². The van der Waals surface area contributed by atoms with E-state index in [1.54, 1.807) is 17.9 Å². The summed E-state index contributed by atoms with van der Waals surface area (Å²) in [5.74, 6) is -0.161. The molecule has 0 radical (unpaired) electrons. The fourth-order valence-corrected chi connectivity index (χ4v) is 3.01. The van der Waals surface area contributed by atoms with Crippen LogP contribution in [0.1, 0.15) is 23.2 Å². The van der Waals surface area contributed by atoms with Crippen LogP contribution in [0.4, 0.5) is 0 Å². The number of amides is 1. The number of piperidine rings is 1. The number of rotatable bonds is 3. The van der Waals surface area contributed by atoms with Crippen LogP contribution in [0.25, 0.3) is 0 Å². The Balaban J connectivity index is 1.88. The molecule has 0 unspecified atom stereocenters. The first-order valence-electron chi connectivity index (χ1n) is 6.11. The first-order chi connectivity index (χ1) is 8.86. The van der Waals surface area contributed by atoms with Crippen molar-refractivity contribution in [2.24, 2.45) is 7.05 Å². The van der Waals surface area contributed by atoms with Crippen LogP contribution in [0.5, 0.6) is 0 Å². The number of hydrogen-bond acceptors (Lipinski definition) is 4. The molecule has 19 heavy (non-hydrogen) atoms. The van der Waals surface area contributed by atoms with Gasteiger partial charge < -0.3 is 5.32 Å². The molecule has 0 atom stereocenters. The van der Waals surface area contributed by atoms with Crippen molar-refractivity contribution in [1.82, 2.24) is 19.4 Å². The SMILES string of the molecule is Cn1cc(C(=O)NC2CCN(S(C)(=O)=O)CC2)cn1. The van der Waals surface area contributed by atoms with Gasteiger partial charge >= 0.3 is 0 Å². The molecule has 1 aromatic heterocycles. The van der Waals surface area contributed by atoms with Crippen molar-refractivity contribution in [2.45, 2.75) is 18.9 Å². The molecule has 7 nitrogen and oxygen atoms in total. The van der Waals surface area contributed by atoms with Crippen LogP contribution in [-0.4, -0.2) is 53.8 Å². The van der Waals surface area contributed by atoms with Crippen LogP contribution in [-0.2, 0) is 17.1 Å². The maximum Gasteiger partial charge on any atom is 0.254 e. The Morgan fingerprint density at radius 3 is 2.53 bits per heavy atom. The van der Waals surface area contributed by atoms with Crippen LogP contribution < -0.4 is 5.32 Å². The number of nitrogens with zero attached hydrogens (tertiary/aromatic N) is 3. The molecule has 2 rings (SSSR count). The predicted molar refractivity (Wildman–Crippen MR) is 70.1 cm³/mol. The van der Waals surface area contributed by atoms with Crippen molar-refractivity contribution in [3.8, 4) is 0 Å². The van der Waals surface area contributed by atoms with E-state index in [1.165, 1.54) is 16.8 Å². The van der Waals surface area contributed by atoms with E-state index in [0.717, 1.165) is 0 Å². The topological polar surface area (TPSA) is 84.3 Å². The molecule has 1 amide bonds. The number of carbonyl (C=O) groups is 1.